The normalized spacial score (nSPS) is 31.5. The molecule has 1 saturated heterocycles. The molecule has 174 valence electrons. The van der Waals surface area contributed by atoms with Crippen LogP contribution in [0.2, 0.25) is 19.6 Å². The van der Waals surface area contributed by atoms with Gasteiger partial charge in [-0.2, -0.15) is 0 Å². The van der Waals surface area contributed by atoms with Crippen molar-refractivity contribution in [3.63, 3.8) is 0 Å². The predicted octanol–water partition coefficient (Wildman–Crippen LogP) is 6.52. The van der Waals surface area contributed by atoms with E-state index < -0.39 is 19.8 Å². The van der Waals surface area contributed by atoms with E-state index in [1.807, 2.05) is 0 Å². The molecule has 4 atom stereocenters. The Bertz CT molecular complexity index is 609. The van der Waals surface area contributed by atoms with E-state index in [0.29, 0.717) is 11.8 Å². The maximum Gasteiger partial charge on any atom is 0.307 e. The minimum absolute atomic E-state index is 0.0699. The van der Waals surface area contributed by atoms with Crippen LogP contribution in [0.1, 0.15) is 73.1 Å². The average molecular weight is 439 g/mol. The fourth-order valence-corrected chi connectivity index (χ4v) is 6.59. The molecule has 0 bridgehead atoms. The van der Waals surface area contributed by atoms with E-state index in [1.54, 1.807) is 0 Å². The number of hydrogen-bond acceptors (Lipinski definition) is 3. The topological polar surface area (TPSA) is 55.8 Å². The standard InChI is InChI=1S/C25H46O4Si/c1-9-10-21(23(26)27)20-12-11-18(2)19(22(20)15-30(6,7)8)13-14-25(5)28-16-24(3,4)17-29-25/h15,18-21H,9-14,16-17H2,1-8H3,(H,26,27)/b22-15+/t18-,19+,20+,21-/m1/s1. The Labute approximate surface area is 185 Å². The minimum Gasteiger partial charge on any atom is -0.481 e. The number of carbonyl (C=O) groups is 1. The van der Waals surface area contributed by atoms with E-state index in [0.717, 1.165) is 51.7 Å². The van der Waals surface area contributed by atoms with Gasteiger partial charge in [0.2, 0.25) is 0 Å². The maximum atomic E-state index is 12.1. The Hall–Kier alpha value is -0.653. The Morgan fingerprint density at radius 2 is 1.80 bits per heavy atom. The van der Waals surface area contributed by atoms with E-state index in [1.165, 1.54) is 5.57 Å². The summed E-state index contributed by atoms with van der Waals surface area (Å²) in [4.78, 5) is 12.1. The van der Waals surface area contributed by atoms with Crippen molar-refractivity contribution in [3.8, 4) is 0 Å². The first kappa shape index (κ1) is 25.6. The van der Waals surface area contributed by atoms with Crippen molar-refractivity contribution in [3.05, 3.63) is 11.3 Å². The van der Waals surface area contributed by atoms with Gasteiger partial charge in [0.15, 0.2) is 5.79 Å². The maximum absolute atomic E-state index is 12.1. The molecule has 2 rings (SSSR count). The highest BCUT2D eigenvalue weighted by Gasteiger charge is 2.42. The number of carboxylic acids is 1. The lowest BCUT2D eigenvalue weighted by atomic mass is 9.65. The highest BCUT2D eigenvalue weighted by atomic mass is 28.3. The zero-order valence-electron chi connectivity index (χ0n) is 20.7. The van der Waals surface area contributed by atoms with Gasteiger partial charge in [-0.15, -0.1) is 0 Å². The average Bonchev–Trinajstić information content (AvgIpc) is 2.62. The van der Waals surface area contributed by atoms with Gasteiger partial charge in [-0.25, -0.2) is 0 Å². The summed E-state index contributed by atoms with van der Waals surface area (Å²) >= 11 is 0. The fourth-order valence-electron chi connectivity index (χ4n) is 5.16. The van der Waals surface area contributed by atoms with Gasteiger partial charge in [-0.1, -0.05) is 65.0 Å². The van der Waals surface area contributed by atoms with Crippen LogP contribution < -0.4 is 0 Å². The summed E-state index contributed by atoms with van der Waals surface area (Å²) < 4.78 is 12.3. The third-order valence-corrected chi connectivity index (χ3v) is 8.12. The van der Waals surface area contributed by atoms with Crippen molar-refractivity contribution in [1.82, 2.24) is 0 Å². The summed E-state index contributed by atoms with van der Waals surface area (Å²) in [6.45, 7) is 19.4. The first-order valence-electron chi connectivity index (χ1n) is 12.0. The third-order valence-electron chi connectivity index (χ3n) is 6.92. The monoisotopic (exact) mass is 438 g/mol. The Balaban J connectivity index is 2.26. The van der Waals surface area contributed by atoms with Crippen LogP contribution in [0.4, 0.5) is 0 Å². The smallest absolute Gasteiger partial charge is 0.307 e. The largest absolute Gasteiger partial charge is 0.481 e. The molecule has 2 aliphatic rings. The lowest BCUT2D eigenvalue weighted by Crippen LogP contribution is -2.46. The molecule has 5 heteroatoms. The van der Waals surface area contributed by atoms with Gasteiger partial charge in [-0.05, 0) is 50.4 Å². The van der Waals surface area contributed by atoms with E-state index in [9.17, 15) is 9.90 Å². The highest BCUT2D eigenvalue weighted by Crippen LogP contribution is 2.47. The van der Waals surface area contributed by atoms with Gasteiger partial charge in [-0.3, -0.25) is 4.79 Å². The molecule has 0 aromatic heterocycles. The highest BCUT2D eigenvalue weighted by molar-refractivity contribution is 6.81. The van der Waals surface area contributed by atoms with E-state index in [-0.39, 0.29) is 17.3 Å². The summed E-state index contributed by atoms with van der Waals surface area (Å²) in [5.41, 5.74) is 4.03. The zero-order valence-corrected chi connectivity index (χ0v) is 21.7. The van der Waals surface area contributed by atoms with Crippen LogP contribution in [-0.4, -0.2) is 38.2 Å². The van der Waals surface area contributed by atoms with Gasteiger partial charge >= 0.3 is 5.97 Å². The van der Waals surface area contributed by atoms with Crippen LogP contribution in [0.5, 0.6) is 0 Å². The molecular formula is C25H46O4Si. The molecule has 1 saturated carbocycles. The van der Waals surface area contributed by atoms with Crippen molar-refractivity contribution in [1.29, 1.82) is 0 Å². The number of carboxylic acid groups (broad SMARTS) is 1. The molecular weight excluding hydrogens is 392 g/mol. The lowest BCUT2D eigenvalue weighted by molar-refractivity contribution is -0.293. The summed E-state index contributed by atoms with van der Waals surface area (Å²) in [6, 6.07) is 0. The molecule has 2 fully saturated rings. The van der Waals surface area contributed by atoms with E-state index in [4.69, 9.17) is 9.47 Å². The number of hydrogen-bond donors (Lipinski definition) is 1. The minimum atomic E-state index is -1.49. The summed E-state index contributed by atoms with van der Waals surface area (Å²) in [5.74, 6) is -0.231. The summed E-state index contributed by atoms with van der Waals surface area (Å²) in [5, 5.41) is 9.99. The molecule has 1 aliphatic heterocycles. The van der Waals surface area contributed by atoms with Gasteiger partial charge in [0.25, 0.3) is 0 Å². The van der Waals surface area contributed by atoms with Crippen molar-refractivity contribution in [2.24, 2.45) is 29.1 Å². The Morgan fingerprint density at radius 3 is 2.30 bits per heavy atom. The van der Waals surface area contributed by atoms with Crippen molar-refractivity contribution in [2.45, 2.75) is 98.6 Å². The first-order valence-corrected chi connectivity index (χ1v) is 15.6. The quantitative estimate of drug-likeness (QED) is 0.438. The van der Waals surface area contributed by atoms with Gasteiger partial charge in [0.1, 0.15) is 0 Å². The lowest BCUT2D eigenvalue weighted by Gasteiger charge is -2.44. The molecule has 0 spiro atoms. The molecule has 0 amide bonds. The molecule has 1 heterocycles. The summed E-state index contributed by atoms with van der Waals surface area (Å²) in [6.07, 6.45) is 5.66. The van der Waals surface area contributed by atoms with Crippen LogP contribution in [0.3, 0.4) is 0 Å². The van der Waals surface area contributed by atoms with Crippen molar-refractivity contribution >= 4 is 14.0 Å². The molecule has 0 aromatic carbocycles. The van der Waals surface area contributed by atoms with Crippen LogP contribution in [0.15, 0.2) is 11.3 Å². The molecule has 0 unspecified atom stereocenters. The van der Waals surface area contributed by atoms with Crippen molar-refractivity contribution in [2.75, 3.05) is 13.2 Å². The van der Waals surface area contributed by atoms with E-state index >= 15 is 0 Å². The fraction of sp³-hybridized carbons (Fsp3) is 0.880. The van der Waals surface area contributed by atoms with Gasteiger partial charge in [0, 0.05) is 11.8 Å². The van der Waals surface area contributed by atoms with Crippen LogP contribution >= 0.6 is 0 Å². The molecule has 30 heavy (non-hydrogen) atoms. The van der Waals surface area contributed by atoms with Crippen LogP contribution in [-0.2, 0) is 14.3 Å². The second-order valence-electron chi connectivity index (χ2n) is 11.9. The van der Waals surface area contributed by atoms with Crippen molar-refractivity contribution < 1.29 is 19.4 Å². The molecule has 1 N–H and O–H groups in total. The van der Waals surface area contributed by atoms with Gasteiger partial charge in [0.05, 0.1) is 27.2 Å². The van der Waals surface area contributed by atoms with Gasteiger partial charge < -0.3 is 14.6 Å². The third kappa shape index (κ3) is 6.93. The molecule has 0 aromatic rings. The molecule has 0 radical (unpaired) electrons. The Morgan fingerprint density at radius 1 is 1.20 bits per heavy atom. The number of ether oxygens (including phenoxy) is 2. The second-order valence-corrected chi connectivity index (χ2v) is 16.9. The predicted molar refractivity (Wildman–Crippen MR) is 126 cm³/mol. The van der Waals surface area contributed by atoms with Crippen LogP contribution in [0, 0.1) is 29.1 Å². The number of rotatable bonds is 8. The first-order chi connectivity index (χ1) is 13.8. The zero-order chi connectivity index (χ0) is 22.7. The second kappa shape index (κ2) is 9.87. The molecule has 4 nitrogen and oxygen atoms in total. The summed E-state index contributed by atoms with van der Waals surface area (Å²) in [7, 11) is -1.49. The SMILES string of the molecule is CCC[C@@H](C(=O)O)[C@@H]1CC[C@@H](C)[C@H](CCC2(C)OCC(C)(C)CO2)/C1=C\[Si](C)(C)C. The Kier molecular flexibility index (Phi) is 8.42. The van der Waals surface area contributed by atoms with E-state index in [2.05, 4.69) is 60.0 Å². The van der Waals surface area contributed by atoms with Crippen LogP contribution in [0.25, 0.3) is 0 Å². The number of aliphatic carboxylic acids is 1. The number of allylic oxidation sites excluding steroid dienone is 1. The molecule has 1 aliphatic carbocycles.